The van der Waals surface area contributed by atoms with Gasteiger partial charge in [0.15, 0.2) is 0 Å². The first kappa shape index (κ1) is 13.5. The van der Waals surface area contributed by atoms with Gasteiger partial charge in [-0.2, -0.15) is 0 Å². The zero-order chi connectivity index (χ0) is 13.2. The Balaban J connectivity index is 2.21. The highest BCUT2D eigenvalue weighted by Gasteiger charge is 2.36. The van der Waals surface area contributed by atoms with E-state index in [2.05, 4.69) is 4.72 Å². The molecule has 0 atom stereocenters. The molecule has 7 heteroatoms. The predicted octanol–water partition coefficient (Wildman–Crippen LogP) is -0.155. The summed E-state index contributed by atoms with van der Waals surface area (Å²) in [5.74, 6) is 0. The van der Waals surface area contributed by atoms with Gasteiger partial charge in [-0.15, -0.1) is 0 Å². The predicted molar refractivity (Wildman–Crippen MR) is 65.6 cm³/mol. The van der Waals surface area contributed by atoms with Gasteiger partial charge in [0.25, 0.3) is 0 Å². The lowest BCUT2D eigenvalue weighted by Crippen LogP contribution is -2.54. The Bertz CT molecular complexity index is 503. The van der Waals surface area contributed by atoms with Crippen molar-refractivity contribution in [2.75, 3.05) is 19.8 Å². The maximum absolute atomic E-state index is 12.2. The number of nitrogens with zero attached hydrogens (tertiary/aromatic N) is 1. The van der Waals surface area contributed by atoms with Crippen LogP contribution in [-0.2, 0) is 21.8 Å². The Hall–Kier alpha value is -0.890. The highest BCUT2D eigenvalue weighted by molar-refractivity contribution is 7.89. The normalized spacial score (nSPS) is 19.9. The van der Waals surface area contributed by atoms with Crippen molar-refractivity contribution in [2.45, 2.75) is 23.3 Å². The SMILES string of the molecule is Cn1ccc(S(=O)(=O)NC2(CO)CCOCC2)c1. The van der Waals surface area contributed by atoms with Gasteiger partial charge in [-0.3, -0.25) is 0 Å². The van der Waals surface area contributed by atoms with E-state index in [1.54, 1.807) is 17.8 Å². The number of hydrogen-bond acceptors (Lipinski definition) is 4. The summed E-state index contributed by atoms with van der Waals surface area (Å²) in [6.45, 7) is 0.693. The third kappa shape index (κ3) is 2.74. The number of aliphatic hydroxyl groups is 1. The smallest absolute Gasteiger partial charge is 0.242 e. The van der Waals surface area contributed by atoms with Crippen molar-refractivity contribution in [2.24, 2.45) is 7.05 Å². The lowest BCUT2D eigenvalue weighted by atomic mass is 9.93. The lowest BCUT2D eigenvalue weighted by Gasteiger charge is -2.35. The Morgan fingerprint density at radius 1 is 1.50 bits per heavy atom. The summed E-state index contributed by atoms with van der Waals surface area (Å²) in [5.41, 5.74) is -0.799. The van der Waals surface area contributed by atoms with Gasteiger partial charge in [-0.05, 0) is 18.9 Å². The molecule has 6 nitrogen and oxygen atoms in total. The molecule has 0 bridgehead atoms. The largest absolute Gasteiger partial charge is 0.394 e. The molecule has 1 aliphatic rings. The first-order valence-corrected chi connectivity index (χ1v) is 7.30. The third-order valence-corrected chi connectivity index (χ3v) is 4.78. The molecule has 0 radical (unpaired) electrons. The Morgan fingerprint density at radius 3 is 2.67 bits per heavy atom. The monoisotopic (exact) mass is 274 g/mol. The summed E-state index contributed by atoms with van der Waals surface area (Å²) < 4.78 is 33.9. The topological polar surface area (TPSA) is 80.6 Å². The molecule has 2 N–H and O–H groups in total. The third-order valence-electron chi connectivity index (χ3n) is 3.22. The van der Waals surface area contributed by atoms with Gasteiger partial charge >= 0.3 is 0 Å². The second-order valence-electron chi connectivity index (χ2n) is 4.67. The second kappa shape index (κ2) is 5.00. The fourth-order valence-electron chi connectivity index (χ4n) is 2.04. The van der Waals surface area contributed by atoms with Crippen molar-refractivity contribution < 1.29 is 18.3 Å². The van der Waals surface area contributed by atoms with Crippen LogP contribution >= 0.6 is 0 Å². The number of sulfonamides is 1. The maximum Gasteiger partial charge on any atom is 0.242 e. The van der Waals surface area contributed by atoms with E-state index < -0.39 is 15.6 Å². The van der Waals surface area contributed by atoms with Crippen molar-refractivity contribution in [3.63, 3.8) is 0 Å². The average molecular weight is 274 g/mol. The Kier molecular flexibility index (Phi) is 3.76. The molecule has 1 aromatic heterocycles. The first-order chi connectivity index (χ1) is 8.47. The van der Waals surface area contributed by atoms with E-state index in [1.165, 1.54) is 12.3 Å². The van der Waals surface area contributed by atoms with E-state index in [-0.39, 0.29) is 11.5 Å². The minimum absolute atomic E-state index is 0.212. The van der Waals surface area contributed by atoms with Crippen LogP contribution in [0.5, 0.6) is 0 Å². The number of hydrogen-bond donors (Lipinski definition) is 2. The van der Waals surface area contributed by atoms with Gasteiger partial charge in [0.05, 0.1) is 17.0 Å². The molecule has 102 valence electrons. The van der Waals surface area contributed by atoms with Crippen LogP contribution in [-0.4, -0.2) is 43.5 Å². The zero-order valence-electron chi connectivity index (χ0n) is 10.3. The number of nitrogens with one attached hydrogen (secondary N) is 1. The summed E-state index contributed by atoms with van der Waals surface area (Å²) >= 11 is 0. The minimum atomic E-state index is -3.60. The first-order valence-electron chi connectivity index (χ1n) is 5.82. The zero-order valence-corrected chi connectivity index (χ0v) is 11.1. The highest BCUT2D eigenvalue weighted by Crippen LogP contribution is 2.23. The van der Waals surface area contributed by atoms with Crippen molar-refractivity contribution in [3.05, 3.63) is 18.5 Å². The van der Waals surface area contributed by atoms with E-state index in [4.69, 9.17) is 4.74 Å². The van der Waals surface area contributed by atoms with Crippen LogP contribution in [0.1, 0.15) is 12.8 Å². The Morgan fingerprint density at radius 2 is 2.17 bits per heavy atom. The summed E-state index contributed by atoms with van der Waals surface area (Å²) in [4.78, 5) is 0.212. The molecule has 0 aliphatic carbocycles. The van der Waals surface area contributed by atoms with Gasteiger partial charge in [0, 0.05) is 32.7 Å². The molecule has 1 aliphatic heterocycles. The van der Waals surface area contributed by atoms with Crippen molar-refractivity contribution in [1.29, 1.82) is 0 Å². The number of ether oxygens (including phenoxy) is 1. The van der Waals surface area contributed by atoms with Gasteiger partial charge in [-0.25, -0.2) is 13.1 Å². The number of aliphatic hydroxyl groups excluding tert-OH is 1. The second-order valence-corrected chi connectivity index (χ2v) is 6.35. The standard InChI is InChI=1S/C11H18N2O4S/c1-13-5-2-10(8-13)18(15,16)12-11(9-14)3-6-17-7-4-11/h2,5,8,12,14H,3-4,6-7,9H2,1H3. The highest BCUT2D eigenvalue weighted by atomic mass is 32.2. The molecule has 2 heterocycles. The van der Waals surface area contributed by atoms with Crippen LogP contribution in [0.25, 0.3) is 0 Å². The van der Waals surface area contributed by atoms with Gasteiger partial charge in [0.2, 0.25) is 10.0 Å². The number of rotatable bonds is 4. The fourth-order valence-corrected chi connectivity index (χ4v) is 3.54. The molecule has 1 saturated heterocycles. The quantitative estimate of drug-likeness (QED) is 0.800. The number of aromatic nitrogens is 1. The van der Waals surface area contributed by atoms with Crippen molar-refractivity contribution in [1.82, 2.24) is 9.29 Å². The van der Waals surface area contributed by atoms with Crippen LogP contribution in [0.15, 0.2) is 23.4 Å². The summed E-state index contributed by atoms with van der Waals surface area (Å²) in [7, 11) is -1.84. The van der Waals surface area contributed by atoms with E-state index >= 15 is 0 Å². The lowest BCUT2D eigenvalue weighted by molar-refractivity contribution is 0.0223. The van der Waals surface area contributed by atoms with Crippen LogP contribution < -0.4 is 4.72 Å². The van der Waals surface area contributed by atoms with Crippen LogP contribution in [0.4, 0.5) is 0 Å². The molecule has 1 fully saturated rings. The van der Waals surface area contributed by atoms with E-state index in [9.17, 15) is 13.5 Å². The molecule has 0 spiro atoms. The van der Waals surface area contributed by atoms with Crippen molar-refractivity contribution in [3.8, 4) is 0 Å². The van der Waals surface area contributed by atoms with Crippen LogP contribution in [0, 0.1) is 0 Å². The summed E-state index contributed by atoms with van der Waals surface area (Å²) in [5, 5.41) is 9.47. The molecule has 0 amide bonds. The fraction of sp³-hybridized carbons (Fsp3) is 0.636. The van der Waals surface area contributed by atoms with E-state index in [0.29, 0.717) is 26.1 Å². The molecule has 0 aromatic carbocycles. The van der Waals surface area contributed by atoms with E-state index in [1.807, 2.05) is 0 Å². The molecule has 2 rings (SSSR count). The van der Waals surface area contributed by atoms with E-state index in [0.717, 1.165) is 0 Å². The molecule has 1 aromatic rings. The minimum Gasteiger partial charge on any atom is -0.394 e. The van der Waals surface area contributed by atoms with Crippen molar-refractivity contribution >= 4 is 10.0 Å². The average Bonchev–Trinajstić information content (AvgIpc) is 2.77. The molecule has 0 unspecified atom stereocenters. The van der Waals surface area contributed by atoms with Gasteiger partial charge < -0.3 is 14.4 Å². The molecular formula is C11H18N2O4S. The number of aryl methyl sites for hydroxylation is 1. The van der Waals surface area contributed by atoms with Crippen LogP contribution in [0.3, 0.4) is 0 Å². The molecule has 18 heavy (non-hydrogen) atoms. The summed E-state index contributed by atoms with van der Waals surface area (Å²) in [6, 6.07) is 1.53. The molecular weight excluding hydrogens is 256 g/mol. The van der Waals surface area contributed by atoms with Crippen LogP contribution in [0.2, 0.25) is 0 Å². The van der Waals surface area contributed by atoms with Gasteiger partial charge in [0.1, 0.15) is 0 Å². The van der Waals surface area contributed by atoms with Gasteiger partial charge in [-0.1, -0.05) is 0 Å². The Labute approximate surface area is 107 Å². The maximum atomic E-state index is 12.2. The molecule has 0 saturated carbocycles. The summed E-state index contributed by atoms with van der Waals surface area (Å²) in [6.07, 6.45) is 4.17.